The van der Waals surface area contributed by atoms with Gasteiger partial charge in [0.05, 0.1) is 6.54 Å². The van der Waals surface area contributed by atoms with Crippen LogP contribution >= 0.6 is 0 Å². The molecule has 2 rings (SSSR count). The predicted octanol–water partition coefficient (Wildman–Crippen LogP) is 0.539. The lowest BCUT2D eigenvalue weighted by molar-refractivity contribution is -0.130. The first-order valence-electron chi connectivity index (χ1n) is 6.98. The van der Waals surface area contributed by atoms with Crippen LogP contribution in [0.2, 0.25) is 0 Å². The van der Waals surface area contributed by atoms with Crippen molar-refractivity contribution in [1.82, 2.24) is 15.1 Å². The van der Waals surface area contributed by atoms with Gasteiger partial charge >= 0.3 is 0 Å². The summed E-state index contributed by atoms with van der Waals surface area (Å²) in [6, 6.07) is 0.563. The van der Waals surface area contributed by atoms with E-state index < -0.39 is 0 Å². The lowest BCUT2D eigenvalue weighted by atomic mass is 9.94. The first kappa shape index (κ1) is 12.8. The van der Waals surface area contributed by atoms with E-state index in [1.807, 2.05) is 18.7 Å². The second-order valence-corrected chi connectivity index (χ2v) is 5.19. The number of amides is 1. The van der Waals surface area contributed by atoms with Gasteiger partial charge in [0.1, 0.15) is 0 Å². The molecule has 0 saturated carbocycles. The third-order valence-electron chi connectivity index (χ3n) is 4.27. The molecule has 0 aromatic carbocycles. The van der Waals surface area contributed by atoms with Gasteiger partial charge in [-0.3, -0.25) is 4.79 Å². The minimum Gasteiger partial charge on any atom is -0.342 e. The molecular weight excluding hydrogens is 214 g/mol. The van der Waals surface area contributed by atoms with Gasteiger partial charge in [0, 0.05) is 25.7 Å². The molecule has 3 atom stereocenters. The van der Waals surface area contributed by atoms with E-state index in [9.17, 15) is 4.79 Å². The summed E-state index contributed by atoms with van der Waals surface area (Å²) in [4.78, 5) is 16.3. The van der Waals surface area contributed by atoms with E-state index >= 15 is 0 Å². The Morgan fingerprint density at radius 3 is 2.71 bits per heavy atom. The Kier molecular flexibility index (Phi) is 4.40. The molecule has 4 nitrogen and oxygen atoms in total. The maximum atomic E-state index is 11.9. The molecule has 98 valence electrons. The van der Waals surface area contributed by atoms with E-state index in [2.05, 4.69) is 10.2 Å². The second-order valence-electron chi connectivity index (χ2n) is 5.19. The summed E-state index contributed by atoms with van der Waals surface area (Å²) in [7, 11) is 0. The van der Waals surface area contributed by atoms with E-state index in [4.69, 9.17) is 0 Å². The maximum Gasteiger partial charge on any atom is 0.236 e. The van der Waals surface area contributed by atoms with E-state index in [0.717, 1.165) is 19.0 Å². The summed E-state index contributed by atoms with van der Waals surface area (Å²) in [5.41, 5.74) is 0. The predicted molar refractivity (Wildman–Crippen MR) is 68.9 cm³/mol. The van der Waals surface area contributed by atoms with Crippen molar-refractivity contribution in [3.8, 4) is 0 Å². The monoisotopic (exact) mass is 239 g/mol. The zero-order valence-electron chi connectivity index (χ0n) is 11.1. The number of fused-ring (bicyclic) bond motifs is 2. The number of piperidine rings is 1. The molecule has 0 spiro atoms. The summed E-state index contributed by atoms with van der Waals surface area (Å²) in [5.74, 6) is 1.02. The fourth-order valence-electron chi connectivity index (χ4n) is 3.13. The van der Waals surface area contributed by atoms with Gasteiger partial charge in [0.15, 0.2) is 0 Å². The number of likely N-dealkylation sites (N-methyl/N-ethyl adjacent to an activating group) is 1. The Labute approximate surface area is 104 Å². The van der Waals surface area contributed by atoms with Crippen LogP contribution in [-0.4, -0.2) is 61.0 Å². The zero-order chi connectivity index (χ0) is 12.3. The number of carbonyl (C=O) groups excluding carboxylic acids is 1. The quantitative estimate of drug-likeness (QED) is 0.760. The average Bonchev–Trinajstić information content (AvgIpc) is 2.72. The fourth-order valence-corrected chi connectivity index (χ4v) is 3.13. The SMILES string of the molecule is CCN(CC)C(=O)CNC1CCN2CCC1C2. The number of hydrogen-bond acceptors (Lipinski definition) is 3. The molecule has 1 N–H and O–H groups in total. The van der Waals surface area contributed by atoms with Crippen LogP contribution in [0.4, 0.5) is 0 Å². The third kappa shape index (κ3) is 2.99. The van der Waals surface area contributed by atoms with Crippen LogP contribution in [0, 0.1) is 5.92 Å². The average molecular weight is 239 g/mol. The van der Waals surface area contributed by atoms with Gasteiger partial charge < -0.3 is 15.1 Å². The standard InChI is InChI=1S/C13H25N3O/c1-3-16(4-2)13(17)9-14-12-6-8-15-7-5-11(12)10-15/h11-12,14H,3-10H2,1-2H3. The number of nitrogens with one attached hydrogen (secondary N) is 1. The van der Waals surface area contributed by atoms with Gasteiger partial charge in [-0.15, -0.1) is 0 Å². The van der Waals surface area contributed by atoms with E-state index in [0.29, 0.717) is 12.6 Å². The second kappa shape index (κ2) is 5.83. The first-order chi connectivity index (χ1) is 8.24. The summed E-state index contributed by atoms with van der Waals surface area (Å²) in [5, 5.41) is 3.48. The van der Waals surface area contributed by atoms with Gasteiger partial charge in [-0.2, -0.15) is 0 Å². The Morgan fingerprint density at radius 2 is 2.00 bits per heavy atom. The molecule has 4 heteroatoms. The molecule has 0 radical (unpaired) electrons. The minimum atomic E-state index is 0.246. The summed E-state index contributed by atoms with van der Waals surface area (Å²) in [6.45, 7) is 9.92. The highest BCUT2D eigenvalue weighted by Crippen LogP contribution is 2.26. The highest BCUT2D eigenvalue weighted by molar-refractivity contribution is 5.78. The number of carbonyl (C=O) groups is 1. The van der Waals surface area contributed by atoms with E-state index in [1.54, 1.807) is 0 Å². The molecule has 1 amide bonds. The topological polar surface area (TPSA) is 35.6 Å². The van der Waals surface area contributed by atoms with Crippen LogP contribution in [0.25, 0.3) is 0 Å². The van der Waals surface area contributed by atoms with Crippen LogP contribution in [0.3, 0.4) is 0 Å². The molecule has 0 aromatic rings. The molecular formula is C13H25N3O. The molecule has 2 aliphatic rings. The molecule has 2 aliphatic heterocycles. The molecule has 2 heterocycles. The highest BCUT2D eigenvalue weighted by atomic mass is 16.2. The van der Waals surface area contributed by atoms with E-state index in [1.165, 1.54) is 32.5 Å². The molecule has 2 bridgehead atoms. The van der Waals surface area contributed by atoms with E-state index in [-0.39, 0.29) is 5.91 Å². The van der Waals surface area contributed by atoms with Crippen LogP contribution in [-0.2, 0) is 4.79 Å². The largest absolute Gasteiger partial charge is 0.342 e. The van der Waals surface area contributed by atoms with Crippen LogP contribution in [0.5, 0.6) is 0 Å². The number of hydrogen-bond donors (Lipinski definition) is 1. The van der Waals surface area contributed by atoms with Gasteiger partial charge in [-0.1, -0.05) is 0 Å². The minimum absolute atomic E-state index is 0.246. The van der Waals surface area contributed by atoms with Gasteiger partial charge in [0.25, 0.3) is 0 Å². The smallest absolute Gasteiger partial charge is 0.236 e. The lowest BCUT2D eigenvalue weighted by Gasteiger charge is -2.31. The summed E-state index contributed by atoms with van der Waals surface area (Å²) >= 11 is 0. The van der Waals surface area contributed by atoms with Crippen molar-refractivity contribution < 1.29 is 4.79 Å². The maximum absolute atomic E-state index is 11.9. The highest BCUT2D eigenvalue weighted by Gasteiger charge is 2.34. The van der Waals surface area contributed by atoms with Crippen molar-refractivity contribution in [2.75, 3.05) is 39.3 Å². The van der Waals surface area contributed by atoms with Crippen LogP contribution in [0.15, 0.2) is 0 Å². The Bertz CT molecular complexity index is 265. The lowest BCUT2D eigenvalue weighted by Crippen LogP contribution is -2.48. The normalized spacial score (nSPS) is 31.5. The summed E-state index contributed by atoms with van der Waals surface area (Å²) < 4.78 is 0. The van der Waals surface area contributed by atoms with Crippen molar-refractivity contribution in [2.45, 2.75) is 32.7 Å². The van der Waals surface area contributed by atoms with Crippen molar-refractivity contribution in [2.24, 2.45) is 5.92 Å². The van der Waals surface area contributed by atoms with Crippen molar-refractivity contribution in [3.63, 3.8) is 0 Å². The molecule has 3 unspecified atom stereocenters. The van der Waals surface area contributed by atoms with Crippen molar-refractivity contribution >= 4 is 5.91 Å². The Morgan fingerprint density at radius 1 is 1.29 bits per heavy atom. The summed E-state index contributed by atoms with van der Waals surface area (Å²) in [6.07, 6.45) is 2.51. The fraction of sp³-hybridized carbons (Fsp3) is 0.923. The zero-order valence-corrected chi connectivity index (χ0v) is 11.1. The van der Waals surface area contributed by atoms with Gasteiger partial charge in [-0.25, -0.2) is 0 Å². The molecule has 0 aromatic heterocycles. The number of nitrogens with zero attached hydrogens (tertiary/aromatic N) is 2. The number of rotatable bonds is 5. The Balaban J connectivity index is 1.76. The van der Waals surface area contributed by atoms with Crippen LogP contribution in [0.1, 0.15) is 26.7 Å². The third-order valence-corrected chi connectivity index (χ3v) is 4.27. The Hall–Kier alpha value is -0.610. The first-order valence-corrected chi connectivity index (χ1v) is 6.98. The van der Waals surface area contributed by atoms with Crippen molar-refractivity contribution in [1.29, 1.82) is 0 Å². The molecule has 17 heavy (non-hydrogen) atoms. The van der Waals surface area contributed by atoms with Crippen LogP contribution < -0.4 is 5.32 Å². The molecule has 0 aliphatic carbocycles. The molecule has 2 saturated heterocycles. The van der Waals surface area contributed by atoms with Gasteiger partial charge in [0.2, 0.25) is 5.91 Å². The molecule has 2 fully saturated rings. The van der Waals surface area contributed by atoms with Crippen molar-refractivity contribution in [3.05, 3.63) is 0 Å². The van der Waals surface area contributed by atoms with Gasteiger partial charge in [-0.05, 0) is 45.7 Å².